The van der Waals surface area contributed by atoms with Gasteiger partial charge in [-0.15, -0.1) is 0 Å². The van der Waals surface area contributed by atoms with Gasteiger partial charge in [-0.3, -0.25) is 18.8 Å². The van der Waals surface area contributed by atoms with Crippen molar-refractivity contribution < 1.29 is 18.0 Å². The highest BCUT2D eigenvalue weighted by atomic mass is 35.5. The smallest absolute Gasteiger partial charge is 0.323 e. The van der Waals surface area contributed by atoms with Gasteiger partial charge in [0.1, 0.15) is 0 Å². The quantitative estimate of drug-likeness (QED) is 0.558. The van der Waals surface area contributed by atoms with Crippen LogP contribution in [0.15, 0.2) is 24.8 Å². The molecule has 1 aliphatic rings. The molecule has 31 heavy (non-hydrogen) atoms. The molecule has 3 heterocycles. The van der Waals surface area contributed by atoms with Crippen LogP contribution in [0.3, 0.4) is 0 Å². The molecule has 0 radical (unpaired) electrons. The summed E-state index contributed by atoms with van der Waals surface area (Å²) in [6.07, 6.45) is 3.75. The van der Waals surface area contributed by atoms with Crippen molar-refractivity contribution in [2.24, 2.45) is 0 Å². The lowest BCUT2D eigenvalue weighted by Gasteiger charge is -2.07. The first kappa shape index (κ1) is 21.4. The number of hydrogen-bond acceptors (Lipinski definition) is 4. The Labute approximate surface area is 181 Å². The molecular weight excluding hydrogens is 435 g/mol. The second-order valence-corrected chi connectivity index (χ2v) is 7.85. The number of aromatic nitrogens is 6. The summed E-state index contributed by atoms with van der Waals surface area (Å²) < 4.78 is 44.1. The molecule has 3 aromatic heterocycles. The van der Waals surface area contributed by atoms with Crippen LogP contribution in [0.2, 0.25) is 5.02 Å². The largest absolute Gasteiger partial charge is 0.436 e. The van der Waals surface area contributed by atoms with Crippen molar-refractivity contribution in [3.05, 3.63) is 46.8 Å². The van der Waals surface area contributed by atoms with E-state index in [0.29, 0.717) is 17.9 Å². The maximum Gasteiger partial charge on any atom is 0.436 e. The molecule has 1 saturated carbocycles. The molecule has 0 atom stereocenters. The first-order valence-electron chi connectivity index (χ1n) is 9.91. The number of aryl methyl sites for hydroxylation is 2. The summed E-state index contributed by atoms with van der Waals surface area (Å²) in [5, 5.41) is 14.4. The topological polar surface area (TPSA) is 82.6 Å². The molecule has 0 bridgehead atoms. The molecule has 0 saturated heterocycles. The Hall–Kier alpha value is -2.82. The highest BCUT2D eigenvalue weighted by molar-refractivity contribution is 6.32. The Kier molecular flexibility index (Phi) is 5.78. The van der Waals surface area contributed by atoms with Crippen LogP contribution in [0.4, 0.5) is 18.9 Å². The van der Waals surface area contributed by atoms with E-state index in [2.05, 4.69) is 20.6 Å². The molecule has 1 amide bonds. The lowest BCUT2D eigenvalue weighted by atomic mass is 10.2. The van der Waals surface area contributed by atoms with Crippen LogP contribution in [-0.2, 0) is 30.6 Å². The minimum Gasteiger partial charge on any atom is -0.323 e. The zero-order chi connectivity index (χ0) is 22.2. The number of halogens is 4. The molecule has 0 aliphatic heterocycles. The van der Waals surface area contributed by atoms with Gasteiger partial charge in [0, 0.05) is 36.8 Å². The maximum absolute atomic E-state index is 13.1. The van der Waals surface area contributed by atoms with E-state index >= 15 is 0 Å². The molecule has 1 fully saturated rings. The van der Waals surface area contributed by atoms with Crippen LogP contribution in [0, 0.1) is 0 Å². The molecule has 166 valence electrons. The molecule has 0 aromatic carbocycles. The van der Waals surface area contributed by atoms with Crippen molar-refractivity contribution in [1.82, 2.24) is 29.3 Å². The van der Waals surface area contributed by atoms with Crippen molar-refractivity contribution in [3.8, 4) is 0 Å². The normalized spacial score (nSPS) is 14.2. The number of carbonyl (C=O) groups is 1. The predicted octanol–water partition coefficient (Wildman–Crippen LogP) is 3.92. The fourth-order valence-electron chi connectivity index (χ4n) is 3.34. The first-order valence-corrected chi connectivity index (χ1v) is 10.3. The Morgan fingerprint density at radius 2 is 1.97 bits per heavy atom. The van der Waals surface area contributed by atoms with Gasteiger partial charge in [0.2, 0.25) is 5.91 Å². The minimum atomic E-state index is -4.63. The highest BCUT2D eigenvalue weighted by Crippen LogP contribution is 2.46. The van der Waals surface area contributed by atoms with E-state index in [-0.39, 0.29) is 29.8 Å². The van der Waals surface area contributed by atoms with Gasteiger partial charge in [-0.2, -0.15) is 28.5 Å². The van der Waals surface area contributed by atoms with Crippen LogP contribution < -0.4 is 5.32 Å². The molecule has 0 spiro atoms. The second-order valence-electron chi connectivity index (χ2n) is 7.47. The lowest BCUT2D eigenvalue weighted by molar-refractivity contribution is -0.141. The maximum atomic E-state index is 13.1. The third-order valence-corrected chi connectivity index (χ3v) is 5.36. The zero-order valence-corrected chi connectivity index (χ0v) is 17.5. The monoisotopic (exact) mass is 455 g/mol. The molecule has 4 rings (SSSR count). The summed E-state index contributed by atoms with van der Waals surface area (Å²) in [5.41, 5.74) is 0.752. The van der Waals surface area contributed by atoms with Gasteiger partial charge < -0.3 is 5.32 Å². The standard InChI is InChI=1S/C19H21ClF3N7O/c1-2-28-9-12(7-24-28)10-29-11-14(8-25-29)26-15(31)5-6-30-17(13-3-4-13)16(20)18(27-30)19(21,22)23/h7-9,11,13H,2-6,10H2,1H3,(H,26,31). The first-order chi connectivity index (χ1) is 14.7. The fourth-order valence-corrected chi connectivity index (χ4v) is 3.74. The van der Waals surface area contributed by atoms with Gasteiger partial charge in [-0.1, -0.05) is 11.6 Å². The van der Waals surface area contributed by atoms with Crippen LogP contribution in [0.25, 0.3) is 0 Å². The molecule has 8 nitrogen and oxygen atoms in total. The van der Waals surface area contributed by atoms with Crippen LogP contribution in [0.5, 0.6) is 0 Å². The van der Waals surface area contributed by atoms with E-state index in [1.165, 1.54) is 10.9 Å². The van der Waals surface area contributed by atoms with Crippen LogP contribution in [-0.4, -0.2) is 35.2 Å². The number of anilines is 1. The number of alkyl halides is 3. The Bertz CT molecular complexity index is 1080. The van der Waals surface area contributed by atoms with E-state index in [0.717, 1.165) is 24.9 Å². The molecule has 1 aliphatic carbocycles. The summed E-state index contributed by atoms with van der Waals surface area (Å²) in [4.78, 5) is 12.3. The summed E-state index contributed by atoms with van der Waals surface area (Å²) >= 11 is 5.95. The lowest BCUT2D eigenvalue weighted by Crippen LogP contribution is -2.16. The molecular formula is C19H21ClF3N7O. The number of nitrogens with zero attached hydrogens (tertiary/aromatic N) is 6. The SMILES string of the molecule is CCn1cc(Cn2cc(NC(=O)CCn3nc(C(F)(F)F)c(Cl)c3C3CC3)cn2)cn1. The summed E-state index contributed by atoms with van der Waals surface area (Å²) in [6, 6.07) is 0. The second kappa shape index (κ2) is 8.37. The number of carbonyl (C=O) groups excluding carboxylic acids is 1. The van der Waals surface area contributed by atoms with Gasteiger partial charge in [0.15, 0.2) is 5.69 Å². The molecule has 1 N–H and O–H groups in total. The average Bonchev–Trinajstić information content (AvgIpc) is 3.11. The van der Waals surface area contributed by atoms with Crippen molar-refractivity contribution in [1.29, 1.82) is 0 Å². The van der Waals surface area contributed by atoms with Crippen molar-refractivity contribution in [2.75, 3.05) is 5.32 Å². The Morgan fingerprint density at radius 1 is 1.23 bits per heavy atom. The molecule has 0 unspecified atom stereocenters. The van der Waals surface area contributed by atoms with Gasteiger partial charge in [0.25, 0.3) is 0 Å². The van der Waals surface area contributed by atoms with Gasteiger partial charge in [-0.05, 0) is 19.8 Å². The van der Waals surface area contributed by atoms with E-state index in [1.807, 2.05) is 17.8 Å². The van der Waals surface area contributed by atoms with Gasteiger partial charge >= 0.3 is 6.18 Å². The van der Waals surface area contributed by atoms with Crippen molar-refractivity contribution >= 4 is 23.2 Å². The minimum absolute atomic E-state index is 0.0117. The van der Waals surface area contributed by atoms with Crippen molar-refractivity contribution in [2.45, 2.75) is 57.9 Å². The van der Waals surface area contributed by atoms with Crippen LogP contribution in [0.1, 0.15) is 49.1 Å². The third kappa shape index (κ3) is 4.92. The van der Waals surface area contributed by atoms with E-state index in [1.54, 1.807) is 17.1 Å². The predicted molar refractivity (Wildman–Crippen MR) is 107 cm³/mol. The summed E-state index contributed by atoms with van der Waals surface area (Å²) in [7, 11) is 0. The van der Waals surface area contributed by atoms with Crippen LogP contribution >= 0.6 is 11.6 Å². The molecule has 3 aromatic rings. The molecule has 12 heteroatoms. The highest BCUT2D eigenvalue weighted by Gasteiger charge is 2.42. The number of amides is 1. The van der Waals surface area contributed by atoms with Crippen molar-refractivity contribution in [3.63, 3.8) is 0 Å². The average molecular weight is 456 g/mol. The zero-order valence-electron chi connectivity index (χ0n) is 16.7. The number of nitrogens with one attached hydrogen (secondary N) is 1. The summed E-state index contributed by atoms with van der Waals surface area (Å²) in [5.74, 6) is -0.380. The Balaban J connectivity index is 1.36. The van der Waals surface area contributed by atoms with E-state index in [4.69, 9.17) is 11.6 Å². The van der Waals surface area contributed by atoms with E-state index < -0.39 is 11.9 Å². The number of hydrogen-bond donors (Lipinski definition) is 1. The van der Waals surface area contributed by atoms with Gasteiger partial charge in [-0.25, -0.2) is 0 Å². The Morgan fingerprint density at radius 3 is 2.61 bits per heavy atom. The number of rotatable bonds is 8. The fraction of sp³-hybridized carbons (Fsp3) is 0.474. The van der Waals surface area contributed by atoms with E-state index in [9.17, 15) is 18.0 Å². The van der Waals surface area contributed by atoms with Gasteiger partial charge in [0.05, 0.1) is 41.9 Å². The third-order valence-electron chi connectivity index (χ3n) is 4.99. The summed E-state index contributed by atoms with van der Waals surface area (Å²) in [6.45, 7) is 3.28.